The minimum Gasteiger partial charge on any atom is -0.480 e. The fraction of sp³-hybridized carbons (Fsp3) is 0.700. The molecular formula is C10H17N5O4S. The number of nitrogens with one attached hydrogen (secondary N) is 1. The third kappa shape index (κ3) is 3.52. The van der Waals surface area contributed by atoms with Crippen LogP contribution in [0.5, 0.6) is 0 Å². The highest BCUT2D eigenvalue weighted by atomic mass is 32.2. The van der Waals surface area contributed by atoms with E-state index in [0.717, 1.165) is 10.7 Å². The smallest absolute Gasteiger partial charge is 0.322 e. The van der Waals surface area contributed by atoms with E-state index >= 15 is 0 Å². The van der Waals surface area contributed by atoms with Crippen LogP contribution in [0.4, 0.5) is 0 Å². The molecule has 0 saturated carbocycles. The summed E-state index contributed by atoms with van der Waals surface area (Å²) in [5, 5.41) is 16.4. The van der Waals surface area contributed by atoms with Crippen LogP contribution in [-0.2, 0) is 21.5 Å². The van der Waals surface area contributed by atoms with Crippen LogP contribution >= 0.6 is 0 Å². The molecule has 1 aromatic rings. The lowest BCUT2D eigenvalue weighted by Gasteiger charge is -2.31. The molecule has 9 nitrogen and oxygen atoms in total. The summed E-state index contributed by atoms with van der Waals surface area (Å²) in [6.45, 7) is 0.703. The Morgan fingerprint density at radius 3 is 2.90 bits per heavy atom. The van der Waals surface area contributed by atoms with Crippen molar-refractivity contribution in [3.63, 3.8) is 0 Å². The second-order valence-corrected chi connectivity index (χ2v) is 6.23. The van der Waals surface area contributed by atoms with Crippen molar-refractivity contribution < 1.29 is 18.3 Å². The highest BCUT2D eigenvalue weighted by Crippen LogP contribution is 2.19. The molecule has 0 spiro atoms. The van der Waals surface area contributed by atoms with E-state index in [2.05, 4.69) is 15.0 Å². The minimum absolute atomic E-state index is 0.133. The number of rotatable bonds is 6. The predicted octanol–water partition coefficient (Wildman–Crippen LogP) is -0.948. The molecule has 1 saturated heterocycles. The Balaban J connectivity index is 1.95. The first-order chi connectivity index (χ1) is 9.50. The van der Waals surface area contributed by atoms with E-state index in [1.54, 1.807) is 6.20 Å². The Morgan fingerprint density at radius 2 is 2.25 bits per heavy atom. The molecule has 0 aromatic carbocycles. The van der Waals surface area contributed by atoms with E-state index in [0.29, 0.717) is 19.4 Å². The van der Waals surface area contributed by atoms with Gasteiger partial charge in [-0.2, -0.15) is 12.7 Å². The molecular weight excluding hydrogens is 286 g/mol. The first kappa shape index (κ1) is 14.9. The van der Waals surface area contributed by atoms with E-state index in [1.165, 1.54) is 10.9 Å². The van der Waals surface area contributed by atoms with E-state index < -0.39 is 22.2 Å². The van der Waals surface area contributed by atoms with E-state index in [1.807, 2.05) is 0 Å². The molecule has 0 bridgehead atoms. The van der Waals surface area contributed by atoms with Gasteiger partial charge in [0, 0.05) is 19.3 Å². The second kappa shape index (κ2) is 6.29. The molecule has 0 amide bonds. The Bertz CT molecular complexity index is 544. The number of carboxylic acid groups (broad SMARTS) is 1. The number of hydrogen-bond acceptors (Lipinski definition) is 5. The topological polar surface area (TPSA) is 117 Å². The maximum Gasteiger partial charge on any atom is 0.322 e. The first-order valence-electron chi connectivity index (χ1n) is 6.34. The monoisotopic (exact) mass is 303 g/mol. The summed E-state index contributed by atoms with van der Waals surface area (Å²) in [6, 6.07) is -0.979. The quantitative estimate of drug-likeness (QED) is 0.700. The van der Waals surface area contributed by atoms with Gasteiger partial charge in [0.05, 0.1) is 12.7 Å². The Labute approximate surface area is 116 Å². The normalized spacial score (nSPS) is 20.9. The number of aromatic nitrogens is 3. The number of aliphatic carboxylic acids is 1. The van der Waals surface area contributed by atoms with Crippen LogP contribution in [0, 0.1) is 0 Å². The summed E-state index contributed by atoms with van der Waals surface area (Å²) in [6.07, 6.45) is 4.86. The van der Waals surface area contributed by atoms with E-state index in [-0.39, 0.29) is 13.1 Å². The van der Waals surface area contributed by atoms with Gasteiger partial charge in [0.15, 0.2) is 0 Å². The van der Waals surface area contributed by atoms with Gasteiger partial charge in [-0.3, -0.25) is 9.48 Å². The van der Waals surface area contributed by atoms with Crippen molar-refractivity contribution in [3.8, 4) is 0 Å². The molecule has 1 aromatic heterocycles. The average molecular weight is 303 g/mol. The van der Waals surface area contributed by atoms with Gasteiger partial charge in [-0.1, -0.05) is 5.21 Å². The minimum atomic E-state index is -3.79. The molecule has 0 radical (unpaired) electrons. The molecule has 2 heterocycles. The zero-order chi connectivity index (χ0) is 14.6. The highest BCUT2D eigenvalue weighted by molar-refractivity contribution is 7.87. The maximum absolute atomic E-state index is 12.1. The van der Waals surface area contributed by atoms with Gasteiger partial charge in [-0.15, -0.1) is 5.10 Å². The van der Waals surface area contributed by atoms with Gasteiger partial charge in [0.1, 0.15) is 6.04 Å². The van der Waals surface area contributed by atoms with Crippen molar-refractivity contribution in [2.45, 2.75) is 31.8 Å². The molecule has 10 heteroatoms. The third-order valence-corrected chi connectivity index (χ3v) is 4.77. The van der Waals surface area contributed by atoms with Gasteiger partial charge in [0.25, 0.3) is 10.2 Å². The zero-order valence-electron chi connectivity index (χ0n) is 10.8. The van der Waals surface area contributed by atoms with Crippen molar-refractivity contribution in [1.82, 2.24) is 24.0 Å². The summed E-state index contributed by atoms with van der Waals surface area (Å²) in [5.74, 6) is -1.11. The first-order valence-corrected chi connectivity index (χ1v) is 7.78. The van der Waals surface area contributed by atoms with Crippen LogP contribution in [0.2, 0.25) is 0 Å². The van der Waals surface area contributed by atoms with Gasteiger partial charge >= 0.3 is 5.97 Å². The molecule has 1 unspecified atom stereocenters. The fourth-order valence-electron chi connectivity index (χ4n) is 2.16. The van der Waals surface area contributed by atoms with Crippen LogP contribution in [0.15, 0.2) is 12.4 Å². The summed E-state index contributed by atoms with van der Waals surface area (Å²) in [4.78, 5) is 11.1. The van der Waals surface area contributed by atoms with Crippen LogP contribution in [-0.4, -0.2) is 57.9 Å². The van der Waals surface area contributed by atoms with Gasteiger partial charge in [0.2, 0.25) is 0 Å². The SMILES string of the molecule is O=C(O)C1CCCCN1S(=O)(=O)NCCn1ccnn1. The lowest BCUT2D eigenvalue weighted by molar-refractivity contribution is -0.142. The fourth-order valence-corrected chi connectivity index (χ4v) is 3.58. The van der Waals surface area contributed by atoms with Gasteiger partial charge < -0.3 is 5.11 Å². The summed E-state index contributed by atoms with van der Waals surface area (Å²) < 4.78 is 29.2. The largest absolute Gasteiger partial charge is 0.480 e. The number of hydrogen-bond donors (Lipinski definition) is 2. The number of piperidine rings is 1. The highest BCUT2D eigenvalue weighted by Gasteiger charge is 2.36. The van der Waals surface area contributed by atoms with Crippen molar-refractivity contribution >= 4 is 16.2 Å². The molecule has 1 atom stereocenters. The van der Waals surface area contributed by atoms with E-state index in [9.17, 15) is 13.2 Å². The maximum atomic E-state index is 12.1. The predicted molar refractivity (Wildman–Crippen MR) is 68.9 cm³/mol. The van der Waals surface area contributed by atoms with Crippen molar-refractivity contribution in [1.29, 1.82) is 0 Å². The van der Waals surface area contributed by atoms with Gasteiger partial charge in [-0.05, 0) is 19.3 Å². The standard InChI is InChI=1S/C10H17N5O4S/c16-10(17)9-3-1-2-6-15(9)20(18,19)12-5-8-14-7-4-11-13-14/h4,7,9,12H,1-3,5-6,8H2,(H,16,17). The average Bonchev–Trinajstić information content (AvgIpc) is 2.91. The summed E-state index contributed by atoms with van der Waals surface area (Å²) in [5.41, 5.74) is 0. The second-order valence-electron chi connectivity index (χ2n) is 4.53. The molecule has 2 rings (SSSR count). The molecule has 2 N–H and O–H groups in total. The number of carboxylic acids is 1. The van der Waals surface area contributed by atoms with Crippen LogP contribution in [0.3, 0.4) is 0 Å². The number of carbonyl (C=O) groups is 1. The zero-order valence-corrected chi connectivity index (χ0v) is 11.7. The van der Waals surface area contributed by atoms with Crippen LogP contribution < -0.4 is 4.72 Å². The Morgan fingerprint density at radius 1 is 1.45 bits per heavy atom. The molecule has 1 fully saturated rings. The van der Waals surface area contributed by atoms with Crippen molar-refractivity contribution in [2.24, 2.45) is 0 Å². The van der Waals surface area contributed by atoms with E-state index in [4.69, 9.17) is 5.11 Å². The van der Waals surface area contributed by atoms with Crippen molar-refractivity contribution in [3.05, 3.63) is 12.4 Å². The molecule has 0 aliphatic carbocycles. The van der Waals surface area contributed by atoms with Gasteiger partial charge in [-0.25, -0.2) is 4.72 Å². The Hall–Kier alpha value is -1.52. The lowest BCUT2D eigenvalue weighted by Crippen LogP contribution is -2.52. The summed E-state index contributed by atoms with van der Waals surface area (Å²) in [7, 11) is -3.79. The van der Waals surface area contributed by atoms with Crippen LogP contribution in [0.1, 0.15) is 19.3 Å². The Kier molecular flexibility index (Phi) is 4.68. The summed E-state index contributed by atoms with van der Waals surface area (Å²) >= 11 is 0. The molecule has 1 aliphatic rings. The molecule has 20 heavy (non-hydrogen) atoms. The molecule has 112 valence electrons. The number of nitrogens with zero attached hydrogens (tertiary/aromatic N) is 4. The molecule has 1 aliphatic heterocycles. The third-order valence-electron chi connectivity index (χ3n) is 3.14. The van der Waals surface area contributed by atoms with Crippen LogP contribution in [0.25, 0.3) is 0 Å². The lowest BCUT2D eigenvalue weighted by atomic mass is 10.1. The van der Waals surface area contributed by atoms with Crippen molar-refractivity contribution in [2.75, 3.05) is 13.1 Å².